The lowest BCUT2D eigenvalue weighted by Crippen LogP contribution is -2.63. The van der Waals surface area contributed by atoms with Gasteiger partial charge in [-0.15, -0.1) is 0 Å². The number of carbonyl (C=O) groups excluding carboxylic acids is 2. The van der Waals surface area contributed by atoms with E-state index in [0.29, 0.717) is 5.56 Å². The van der Waals surface area contributed by atoms with E-state index < -0.39 is 67.2 Å². The van der Waals surface area contributed by atoms with E-state index in [2.05, 4.69) is 0 Å². The number of benzene rings is 2. The molecule has 2 aromatic rings. The number of esters is 2. The first-order valence-corrected chi connectivity index (χ1v) is 15.2. The van der Waals surface area contributed by atoms with Crippen LogP contribution in [0.15, 0.2) is 54.6 Å². The summed E-state index contributed by atoms with van der Waals surface area (Å²) < 4.78 is 83.2. The number of non-ortho nitro benzene ring substituents is 1. The summed E-state index contributed by atoms with van der Waals surface area (Å²) in [6, 6.07) is 13.3. The van der Waals surface area contributed by atoms with Crippen molar-refractivity contribution in [1.29, 1.82) is 0 Å². The number of hydrogen-bond donors (Lipinski definition) is 0. The van der Waals surface area contributed by atoms with Crippen molar-refractivity contribution in [3.8, 4) is 5.75 Å². The van der Waals surface area contributed by atoms with Gasteiger partial charge in [0.05, 0.1) is 37.3 Å². The molecule has 5 unspecified atom stereocenters. The summed E-state index contributed by atoms with van der Waals surface area (Å²) in [6.07, 6.45) is -9.33. The molecule has 1 fully saturated rings. The molecule has 5 atom stereocenters. The molecule has 1 heterocycles. The smallest absolute Gasteiger partial charge is 0.399 e. The SMILES string of the molecule is CCOP(=O)(OCC)C(F)(F)CC1OC(Oc2ccc([N+](=O)[O-])cc2)C(OC(C)=O)C(OC(C)=O)C1OCc1ccccc1. The predicted molar refractivity (Wildman–Crippen MR) is 149 cm³/mol. The highest BCUT2D eigenvalue weighted by Crippen LogP contribution is 2.64. The highest BCUT2D eigenvalue weighted by atomic mass is 31.2. The number of alkyl halides is 2. The topological polar surface area (TPSA) is 159 Å². The minimum atomic E-state index is -5.05. The number of hydrogen-bond acceptors (Lipinski definition) is 12. The first-order chi connectivity index (χ1) is 20.8. The predicted octanol–water partition coefficient (Wildman–Crippen LogP) is 5.40. The van der Waals surface area contributed by atoms with Gasteiger partial charge in [-0.25, -0.2) is 0 Å². The fraction of sp³-hybridized carbons (Fsp3) is 0.500. The summed E-state index contributed by atoms with van der Waals surface area (Å²) in [5.41, 5.74) is -3.77. The molecule has 3 rings (SSSR count). The van der Waals surface area contributed by atoms with Crippen LogP contribution < -0.4 is 4.74 Å². The van der Waals surface area contributed by atoms with E-state index in [1.165, 1.54) is 26.0 Å². The Balaban J connectivity index is 2.08. The molecule has 0 radical (unpaired) electrons. The van der Waals surface area contributed by atoms with Crippen molar-refractivity contribution in [3.63, 3.8) is 0 Å². The Morgan fingerprint density at radius 1 is 0.932 bits per heavy atom. The molecular weight excluding hydrogens is 611 g/mol. The summed E-state index contributed by atoms with van der Waals surface area (Å²) in [5.74, 6) is -1.74. The van der Waals surface area contributed by atoms with Crippen LogP contribution in [0.4, 0.5) is 14.5 Å². The van der Waals surface area contributed by atoms with E-state index in [9.17, 15) is 24.3 Å². The fourth-order valence-corrected chi connectivity index (χ4v) is 5.98. The monoisotopic (exact) mass is 645 g/mol. The quantitative estimate of drug-likeness (QED) is 0.105. The summed E-state index contributed by atoms with van der Waals surface area (Å²) in [6.45, 7) is 4.02. The Kier molecular flexibility index (Phi) is 12.3. The molecule has 2 aromatic carbocycles. The third-order valence-electron chi connectivity index (χ3n) is 6.23. The van der Waals surface area contributed by atoms with E-state index in [-0.39, 0.29) is 31.3 Å². The van der Waals surface area contributed by atoms with Gasteiger partial charge < -0.3 is 32.7 Å². The molecule has 0 spiro atoms. The van der Waals surface area contributed by atoms with Crippen LogP contribution in [0.1, 0.15) is 39.7 Å². The van der Waals surface area contributed by atoms with E-state index in [1.54, 1.807) is 30.3 Å². The van der Waals surface area contributed by atoms with Crippen LogP contribution in [0, 0.1) is 10.1 Å². The number of nitro benzene ring substituents is 1. The van der Waals surface area contributed by atoms with Crippen LogP contribution in [0.3, 0.4) is 0 Å². The maximum absolute atomic E-state index is 15.8. The summed E-state index contributed by atoms with van der Waals surface area (Å²) in [4.78, 5) is 34.8. The van der Waals surface area contributed by atoms with Crippen molar-refractivity contribution >= 4 is 25.2 Å². The Hall–Kier alpha value is -3.49. The zero-order valence-electron chi connectivity index (χ0n) is 24.5. The van der Waals surface area contributed by atoms with Crippen molar-refractivity contribution in [2.75, 3.05) is 13.2 Å². The maximum atomic E-state index is 15.8. The van der Waals surface area contributed by atoms with Gasteiger partial charge in [0.1, 0.15) is 11.9 Å². The van der Waals surface area contributed by atoms with E-state index in [4.69, 9.17) is 32.7 Å². The Labute approximate surface area is 252 Å². The molecular formula is C28H34F2NO12P. The van der Waals surface area contributed by atoms with Gasteiger partial charge >= 0.3 is 25.2 Å². The number of carbonyl (C=O) groups is 2. The van der Waals surface area contributed by atoms with Crippen molar-refractivity contribution in [2.45, 2.75) is 77.1 Å². The maximum Gasteiger partial charge on any atom is 0.399 e. The van der Waals surface area contributed by atoms with E-state index in [1.807, 2.05) is 0 Å². The van der Waals surface area contributed by atoms with Crippen molar-refractivity contribution < 1.29 is 60.6 Å². The van der Waals surface area contributed by atoms with Crippen LogP contribution in [-0.4, -0.2) is 66.4 Å². The summed E-state index contributed by atoms with van der Waals surface area (Å²) >= 11 is 0. The molecule has 0 aliphatic carbocycles. The Morgan fingerprint density at radius 2 is 1.50 bits per heavy atom. The molecule has 242 valence electrons. The average Bonchev–Trinajstić information content (AvgIpc) is 2.95. The van der Waals surface area contributed by atoms with Gasteiger partial charge in [-0.3, -0.25) is 24.3 Å². The van der Waals surface area contributed by atoms with Gasteiger partial charge in [0.25, 0.3) is 5.69 Å². The molecule has 44 heavy (non-hydrogen) atoms. The average molecular weight is 646 g/mol. The van der Waals surface area contributed by atoms with Crippen LogP contribution in [0.2, 0.25) is 0 Å². The molecule has 1 aliphatic heterocycles. The number of halogens is 2. The first-order valence-electron chi connectivity index (χ1n) is 13.6. The molecule has 0 saturated carbocycles. The minimum Gasteiger partial charge on any atom is -0.461 e. The molecule has 1 saturated heterocycles. The first kappa shape index (κ1) is 35.0. The number of nitrogens with zero attached hydrogens (tertiary/aromatic N) is 1. The molecule has 0 amide bonds. The van der Waals surface area contributed by atoms with Gasteiger partial charge in [-0.1, -0.05) is 30.3 Å². The normalized spacial score (nSPS) is 22.2. The van der Waals surface area contributed by atoms with E-state index >= 15 is 8.78 Å². The van der Waals surface area contributed by atoms with Crippen molar-refractivity contribution in [3.05, 3.63) is 70.3 Å². The number of ether oxygens (including phenoxy) is 5. The molecule has 16 heteroatoms. The van der Waals surface area contributed by atoms with Gasteiger partial charge in [-0.2, -0.15) is 8.78 Å². The minimum absolute atomic E-state index is 0.0252. The molecule has 0 aromatic heterocycles. The number of rotatable bonds is 15. The van der Waals surface area contributed by atoms with Crippen LogP contribution in [0.25, 0.3) is 0 Å². The van der Waals surface area contributed by atoms with Crippen LogP contribution >= 0.6 is 7.60 Å². The zero-order valence-corrected chi connectivity index (χ0v) is 25.4. The summed E-state index contributed by atoms with van der Waals surface area (Å²) in [5, 5.41) is 11.1. The Morgan fingerprint density at radius 3 is 2.02 bits per heavy atom. The third-order valence-corrected chi connectivity index (χ3v) is 8.41. The number of nitro groups is 1. The second-order valence-electron chi connectivity index (χ2n) is 9.52. The standard InChI is InChI=1S/C28H34F2NO12P/c1-5-38-44(36,39-6-2)28(29,30)16-23-24(37-17-20-10-8-7-9-11-20)25(40-18(3)32)26(41-19(4)33)27(43-23)42-22-14-12-21(13-15-22)31(34)35/h7-15,23-27H,5-6,16-17H2,1-4H3. The highest BCUT2D eigenvalue weighted by Gasteiger charge is 2.60. The van der Waals surface area contributed by atoms with Crippen molar-refractivity contribution in [2.24, 2.45) is 0 Å². The van der Waals surface area contributed by atoms with Gasteiger partial charge in [-0.05, 0) is 31.5 Å². The van der Waals surface area contributed by atoms with Crippen molar-refractivity contribution in [1.82, 2.24) is 0 Å². The molecule has 0 N–H and O–H groups in total. The van der Waals surface area contributed by atoms with Gasteiger partial charge in [0.2, 0.25) is 12.4 Å². The van der Waals surface area contributed by atoms with Gasteiger partial charge in [0, 0.05) is 26.0 Å². The fourth-order valence-electron chi connectivity index (χ4n) is 4.45. The largest absolute Gasteiger partial charge is 0.461 e. The van der Waals surface area contributed by atoms with Gasteiger partial charge in [0.15, 0.2) is 6.10 Å². The lowest BCUT2D eigenvalue weighted by atomic mass is 9.95. The second-order valence-corrected chi connectivity index (χ2v) is 11.7. The lowest BCUT2D eigenvalue weighted by molar-refractivity contribution is -0.384. The third kappa shape index (κ3) is 9.02. The second kappa shape index (κ2) is 15.5. The zero-order chi connectivity index (χ0) is 32.5. The molecule has 1 aliphatic rings. The summed E-state index contributed by atoms with van der Waals surface area (Å²) in [7, 11) is -5.05. The Bertz CT molecular complexity index is 1300. The molecule has 0 bridgehead atoms. The van der Waals surface area contributed by atoms with E-state index in [0.717, 1.165) is 26.0 Å². The molecule has 13 nitrogen and oxygen atoms in total. The lowest BCUT2D eigenvalue weighted by Gasteiger charge is -2.45. The van der Waals surface area contributed by atoms with Crippen LogP contribution in [-0.2, 0) is 48.8 Å². The highest BCUT2D eigenvalue weighted by molar-refractivity contribution is 7.55. The van der Waals surface area contributed by atoms with Crippen LogP contribution in [0.5, 0.6) is 5.75 Å².